The molecule has 0 unspecified atom stereocenters. The third-order valence-corrected chi connectivity index (χ3v) is 4.26. The summed E-state index contributed by atoms with van der Waals surface area (Å²) in [4.78, 5) is 11.4. The zero-order valence-corrected chi connectivity index (χ0v) is 12.2. The highest BCUT2D eigenvalue weighted by Gasteiger charge is 2.22. The summed E-state index contributed by atoms with van der Waals surface area (Å²) in [7, 11) is 0. The minimum atomic E-state index is 0.505. The fourth-order valence-electron chi connectivity index (χ4n) is 3.04. The van der Waals surface area contributed by atoms with Crippen LogP contribution in [0.4, 0.5) is 0 Å². The maximum absolute atomic E-state index is 5.21. The first-order valence-corrected chi connectivity index (χ1v) is 7.57. The molecule has 0 saturated carbocycles. The minimum Gasteiger partial charge on any atom is -0.427 e. The van der Waals surface area contributed by atoms with Crippen LogP contribution in [-0.2, 0) is 6.54 Å². The molecule has 22 heavy (non-hydrogen) atoms. The summed E-state index contributed by atoms with van der Waals surface area (Å²) in [6, 6.07) is 8.25. The molecule has 4 rings (SSSR count). The van der Waals surface area contributed by atoms with E-state index in [0.29, 0.717) is 11.8 Å². The average Bonchev–Trinajstić information content (AvgIpc) is 3.08. The van der Waals surface area contributed by atoms with Gasteiger partial charge in [-0.25, -0.2) is 9.97 Å². The van der Waals surface area contributed by atoms with Crippen molar-refractivity contribution < 1.29 is 4.42 Å². The van der Waals surface area contributed by atoms with Gasteiger partial charge in [0.2, 0.25) is 12.3 Å². The van der Waals surface area contributed by atoms with Gasteiger partial charge < -0.3 is 4.42 Å². The zero-order chi connectivity index (χ0) is 14.8. The summed E-state index contributed by atoms with van der Waals surface area (Å²) in [5, 5.41) is 8.76. The summed E-state index contributed by atoms with van der Waals surface area (Å²) in [5.74, 6) is 1.19. The third-order valence-electron chi connectivity index (χ3n) is 4.26. The van der Waals surface area contributed by atoms with Gasteiger partial charge in [0, 0.05) is 23.2 Å². The minimum absolute atomic E-state index is 0.505. The molecule has 1 aliphatic rings. The van der Waals surface area contributed by atoms with E-state index in [2.05, 4.69) is 32.2 Å². The van der Waals surface area contributed by atoms with E-state index in [0.717, 1.165) is 49.2 Å². The first-order valence-electron chi connectivity index (χ1n) is 7.57. The summed E-state index contributed by atoms with van der Waals surface area (Å²) in [6.45, 7) is 2.78. The van der Waals surface area contributed by atoms with Crippen LogP contribution in [0.15, 0.2) is 41.3 Å². The quantitative estimate of drug-likeness (QED) is 0.739. The molecule has 6 nitrogen and oxygen atoms in total. The molecule has 1 fully saturated rings. The maximum atomic E-state index is 5.21. The lowest BCUT2D eigenvalue weighted by Crippen LogP contribution is -2.32. The highest BCUT2D eigenvalue weighted by Crippen LogP contribution is 2.28. The molecular weight excluding hydrogens is 278 g/mol. The second-order valence-corrected chi connectivity index (χ2v) is 5.67. The molecule has 3 aromatic heterocycles. The Hall–Kier alpha value is -2.34. The molecule has 0 aromatic carbocycles. The number of fused-ring (bicyclic) bond motifs is 1. The molecule has 0 radical (unpaired) electrons. The van der Waals surface area contributed by atoms with Crippen molar-refractivity contribution in [2.45, 2.75) is 25.3 Å². The predicted octanol–water partition coefficient (Wildman–Crippen LogP) is 2.39. The Balaban J connectivity index is 1.43. The fourth-order valence-corrected chi connectivity index (χ4v) is 3.04. The van der Waals surface area contributed by atoms with Crippen LogP contribution >= 0.6 is 0 Å². The fraction of sp³-hybridized carbons (Fsp3) is 0.375. The number of pyridine rings is 2. The Labute approximate surface area is 128 Å². The third kappa shape index (κ3) is 2.69. The van der Waals surface area contributed by atoms with Crippen LogP contribution in [0.1, 0.15) is 30.3 Å². The van der Waals surface area contributed by atoms with Crippen LogP contribution in [0.2, 0.25) is 0 Å². The lowest BCUT2D eigenvalue weighted by Gasteiger charge is -2.30. The number of hydrogen-bond acceptors (Lipinski definition) is 6. The van der Waals surface area contributed by atoms with Crippen molar-refractivity contribution in [3.63, 3.8) is 0 Å². The standard InChI is InChI=1S/C16H17N5O/c1-2-13-3-4-14(19-16(13)17-7-1)12-5-8-21(9-6-12)10-15-20-18-11-22-15/h1-4,7,11-12H,5-6,8-10H2. The Morgan fingerprint density at radius 3 is 2.91 bits per heavy atom. The van der Waals surface area contributed by atoms with Crippen LogP contribution in [-0.4, -0.2) is 38.2 Å². The number of hydrogen-bond donors (Lipinski definition) is 0. The largest absolute Gasteiger partial charge is 0.427 e. The van der Waals surface area contributed by atoms with Crippen molar-refractivity contribution in [1.29, 1.82) is 0 Å². The van der Waals surface area contributed by atoms with E-state index in [1.807, 2.05) is 12.1 Å². The maximum Gasteiger partial charge on any atom is 0.230 e. The molecule has 1 saturated heterocycles. The van der Waals surface area contributed by atoms with Gasteiger partial charge in [-0.1, -0.05) is 0 Å². The van der Waals surface area contributed by atoms with E-state index in [4.69, 9.17) is 9.40 Å². The van der Waals surface area contributed by atoms with Crippen LogP contribution in [0, 0.1) is 0 Å². The molecule has 0 spiro atoms. The highest BCUT2D eigenvalue weighted by molar-refractivity contribution is 5.74. The predicted molar refractivity (Wildman–Crippen MR) is 81.1 cm³/mol. The van der Waals surface area contributed by atoms with Gasteiger partial charge in [0.05, 0.1) is 6.54 Å². The monoisotopic (exact) mass is 295 g/mol. The van der Waals surface area contributed by atoms with Crippen molar-refractivity contribution in [3.05, 3.63) is 48.4 Å². The van der Waals surface area contributed by atoms with Gasteiger partial charge in [0.15, 0.2) is 5.65 Å². The van der Waals surface area contributed by atoms with Crippen LogP contribution in [0.3, 0.4) is 0 Å². The summed E-state index contributed by atoms with van der Waals surface area (Å²) >= 11 is 0. The normalized spacial score (nSPS) is 17.1. The molecule has 3 aromatic rings. The average molecular weight is 295 g/mol. The number of rotatable bonds is 3. The van der Waals surface area contributed by atoms with Gasteiger partial charge in [-0.2, -0.15) is 0 Å². The number of likely N-dealkylation sites (tertiary alicyclic amines) is 1. The van der Waals surface area contributed by atoms with Gasteiger partial charge in [0.1, 0.15) is 0 Å². The lowest BCUT2D eigenvalue weighted by molar-refractivity contribution is 0.186. The van der Waals surface area contributed by atoms with Gasteiger partial charge in [0.25, 0.3) is 0 Å². The van der Waals surface area contributed by atoms with Crippen molar-refractivity contribution in [2.24, 2.45) is 0 Å². The topological polar surface area (TPSA) is 67.9 Å². The molecule has 0 atom stereocenters. The Kier molecular flexibility index (Phi) is 3.52. The second kappa shape index (κ2) is 5.81. The van der Waals surface area contributed by atoms with Gasteiger partial charge in [-0.3, -0.25) is 4.90 Å². The zero-order valence-electron chi connectivity index (χ0n) is 12.2. The van der Waals surface area contributed by atoms with E-state index in [1.165, 1.54) is 6.39 Å². The molecule has 0 N–H and O–H groups in total. The molecule has 6 heteroatoms. The summed E-state index contributed by atoms with van der Waals surface area (Å²) in [5.41, 5.74) is 2.00. The van der Waals surface area contributed by atoms with E-state index < -0.39 is 0 Å². The molecule has 1 aliphatic heterocycles. The van der Waals surface area contributed by atoms with Gasteiger partial charge >= 0.3 is 0 Å². The molecular formula is C16H17N5O. The second-order valence-electron chi connectivity index (χ2n) is 5.67. The van der Waals surface area contributed by atoms with E-state index in [9.17, 15) is 0 Å². The Morgan fingerprint density at radius 2 is 2.09 bits per heavy atom. The molecule has 0 bridgehead atoms. The first-order chi connectivity index (χ1) is 10.9. The highest BCUT2D eigenvalue weighted by atomic mass is 16.4. The van der Waals surface area contributed by atoms with Gasteiger partial charge in [-0.05, 0) is 50.2 Å². The Bertz CT molecular complexity index is 750. The van der Waals surface area contributed by atoms with E-state index in [1.54, 1.807) is 6.20 Å². The van der Waals surface area contributed by atoms with Crippen molar-refractivity contribution in [1.82, 2.24) is 25.1 Å². The number of aromatic nitrogens is 4. The molecule has 0 aliphatic carbocycles. The lowest BCUT2D eigenvalue weighted by atomic mass is 9.93. The van der Waals surface area contributed by atoms with Crippen LogP contribution < -0.4 is 0 Å². The molecule has 0 amide bonds. The molecule has 112 valence electrons. The van der Waals surface area contributed by atoms with Crippen molar-refractivity contribution in [2.75, 3.05) is 13.1 Å². The smallest absolute Gasteiger partial charge is 0.230 e. The van der Waals surface area contributed by atoms with Gasteiger partial charge in [-0.15, -0.1) is 10.2 Å². The molecule has 4 heterocycles. The first kappa shape index (κ1) is 13.3. The van der Waals surface area contributed by atoms with E-state index >= 15 is 0 Å². The number of nitrogens with zero attached hydrogens (tertiary/aromatic N) is 5. The van der Waals surface area contributed by atoms with E-state index in [-0.39, 0.29) is 0 Å². The van der Waals surface area contributed by atoms with Crippen LogP contribution in [0.25, 0.3) is 11.0 Å². The van der Waals surface area contributed by atoms with Crippen molar-refractivity contribution >= 4 is 11.0 Å². The Morgan fingerprint density at radius 1 is 1.18 bits per heavy atom. The SMILES string of the molecule is c1cnc2nc(C3CCN(Cc4nnco4)CC3)ccc2c1. The summed E-state index contributed by atoms with van der Waals surface area (Å²) in [6.07, 6.45) is 5.37. The van der Waals surface area contributed by atoms with Crippen LogP contribution in [0.5, 0.6) is 0 Å². The number of piperidine rings is 1. The summed E-state index contributed by atoms with van der Waals surface area (Å²) < 4.78 is 5.21. The van der Waals surface area contributed by atoms with Crippen molar-refractivity contribution in [3.8, 4) is 0 Å².